The highest BCUT2D eigenvalue weighted by atomic mass is 32.1. The van der Waals surface area contributed by atoms with Gasteiger partial charge in [0.2, 0.25) is 0 Å². The van der Waals surface area contributed by atoms with Crippen LogP contribution in [-0.4, -0.2) is 51.3 Å². The molecule has 1 fully saturated rings. The Balaban J connectivity index is 1.53. The lowest BCUT2D eigenvalue weighted by atomic mass is 10.1. The van der Waals surface area contributed by atoms with Crippen molar-refractivity contribution in [3.8, 4) is 6.07 Å². The minimum absolute atomic E-state index is 0.408. The molecule has 6 heteroatoms. The zero-order valence-electron chi connectivity index (χ0n) is 15.9. The summed E-state index contributed by atoms with van der Waals surface area (Å²) in [5, 5.41) is 14.5. The van der Waals surface area contributed by atoms with Crippen molar-refractivity contribution in [1.29, 1.82) is 5.26 Å². The van der Waals surface area contributed by atoms with Crippen molar-refractivity contribution >= 4 is 17.0 Å². The van der Waals surface area contributed by atoms with E-state index < -0.39 is 0 Å². The largest absolute Gasteiger partial charge is 0.379 e. The van der Waals surface area contributed by atoms with E-state index in [9.17, 15) is 0 Å². The van der Waals surface area contributed by atoms with Crippen LogP contribution < -0.4 is 10.2 Å². The summed E-state index contributed by atoms with van der Waals surface area (Å²) in [7, 11) is 2.03. The Morgan fingerprint density at radius 3 is 2.70 bits per heavy atom. The van der Waals surface area contributed by atoms with E-state index in [1.165, 1.54) is 10.4 Å². The highest BCUT2D eigenvalue weighted by Crippen LogP contribution is 2.25. The molecular formula is C21H28N4OS. The van der Waals surface area contributed by atoms with Gasteiger partial charge in [-0.3, -0.25) is 4.90 Å². The van der Waals surface area contributed by atoms with Gasteiger partial charge in [-0.05, 0) is 29.1 Å². The Bertz CT molecular complexity index is 705. The summed E-state index contributed by atoms with van der Waals surface area (Å²) in [5.41, 5.74) is 2.43. The van der Waals surface area contributed by atoms with Gasteiger partial charge in [0.05, 0.1) is 31.7 Å². The maximum atomic E-state index is 8.72. The predicted molar refractivity (Wildman–Crippen MR) is 111 cm³/mol. The molecule has 144 valence electrons. The number of nitriles is 1. The summed E-state index contributed by atoms with van der Waals surface area (Å²) in [6, 6.07) is 15.6. The van der Waals surface area contributed by atoms with Crippen LogP contribution in [-0.2, 0) is 11.3 Å². The second-order valence-corrected chi connectivity index (χ2v) is 7.79. The molecule has 1 saturated heterocycles. The first kappa shape index (κ1) is 19.8. The zero-order chi connectivity index (χ0) is 18.9. The Labute approximate surface area is 166 Å². The number of hydrogen-bond donors (Lipinski definition) is 1. The first-order valence-corrected chi connectivity index (χ1v) is 10.4. The number of hydrogen-bond acceptors (Lipinski definition) is 6. The van der Waals surface area contributed by atoms with E-state index in [4.69, 9.17) is 10.00 Å². The highest BCUT2D eigenvalue weighted by molar-refractivity contribution is 7.10. The fourth-order valence-electron chi connectivity index (χ4n) is 3.35. The lowest BCUT2D eigenvalue weighted by molar-refractivity contribution is 0.0168. The maximum Gasteiger partial charge on any atom is 0.0640 e. The Hall–Kier alpha value is -1.91. The SMILES string of the molecule is CN(CCC#N)c1ccc(CNCC(c2cccs2)N2CCOCC2)cc1. The van der Waals surface area contributed by atoms with Crippen molar-refractivity contribution in [2.75, 3.05) is 51.3 Å². The second kappa shape index (κ2) is 10.4. The molecule has 27 heavy (non-hydrogen) atoms. The van der Waals surface area contributed by atoms with Crippen LogP contribution in [0.15, 0.2) is 41.8 Å². The minimum Gasteiger partial charge on any atom is -0.379 e. The standard InChI is InChI=1S/C21H28N4OS/c1-24(10-3-9-22)19-7-5-18(6-8-19)16-23-17-20(21-4-2-15-27-21)25-11-13-26-14-12-25/h2,4-8,15,20,23H,3,10-14,16-17H2,1H3. The second-order valence-electron chi connectivity index (χ2n) is 6.81. The Kier molecular flexibility index (Phi) is 7.66. The third-order valence-corrected chi connectivity index (χ3v) is 5.93. The third kappa shape index (κ3) is 5.78. The molecule has 1 unspecified atom stereocenters. The zero-order valence-corrected chi connectivity index (χ0v) is 16.8. The molecular weight excluding hydrogens is 356 g/mol. The van der Waals surface area contributed by atoms with Gasteiger partial charge < -0.3 is 15.0 Å². The van der Waals surface area contributed by atoms with Crippen molar-refractivity contribution in [2.24, 2.45) is 0 Å². The molecule has 0 saturated carbocycles. The fourth-order valence-corrected chi connectivity index (χ4v) is 4.21. The average molecular weight is 385 g/mol. The van der Waals surface area contributed by atoms with Gasteiger partial charge in [-0.15, -0.1) is 11.3 Å². The molecule has 0 bridgehead atoms. The van der Waals surface area contributed by atoms with Crippen LogP contribution >= 0.6 is 11.3 Å². The molecule has 1 aromatic carbocycles. The van der Waals surface area contributed by atoms with Gasteiger partial charge in [-0.25, -0.2) is 0 Å². The van der Waals surface area contributed by atoms with Gasteiger partial charge >= 0.3 is 0 Å². The smallest absolute Gasteiger partial charge is 0.0640 e. The summed E-state index contributed by atoms with van der Waals surface area (Å²) < 4.78 is 5.52. The van der Waals surface area contributed by atoms with Crippen LogP contribution in [0.25, 0.3) is 0 Å². The average Bonchev–Trinajstić information content (AvgIpc) is 3.25. The van der Waals surface area contributed by atoms with Crippen molar-refractivity contribution in [3.63, 3.8) is 0 Å². The number of nitrogens with zero attached hydrogens (tertiary/aromatic N) is 3. The number of rotatable bonds is 9. The lowest BCUT2D eigenvalue weighted by Crippen LogP contribution is -2.42. The van der Waals surface area contributed by atoms with Crippen molar-refractivity contribution in [2.45, 2.75) is 19.0 Å². The normalized spacial score (nSPS) is 16.0. The van der Waals surface area contributed by atoms with Crippen LogP contribution in [0, 0.1) is 11.3 Å². The van der Waals surface area contributed by atoms with Gasteiger partial charge in [0, 0.05) is 50.3 Å². The molecule has 2 heterocycles. The van der Waals surface area contributed by atoms with Crippen LogP contribution in [0.3, 0.4) is 0 Å². The molecule has 5 nitrogen and oxygen atoms in total. The number of ether oxygens (including phenoxy) is 1. The van der Waals surface area contributed by atoms with E-state index >= 15 is 0 Å². The molecule has 0 radical (unpaired) electrons. The van der Waals surface area contributed by atoms with Crippen LogP contribution in [0.4, 0.5) is 5.69 Å². The van der Waals surface area contributed by atoms with Crippen molar-refractivity contribution in [3.05, 3.63) is 52.2 Å². The molecule has 1 atom stereocenters. The first-order valence-electron chi connectivity index (χ1n) is 9.51. The van der Waals surface area contributed by atoms with E-state index in [1.54, 1.807) is 0 Å². The summed E-state index contributed by atoms with van der Waals surface area (Å²) in [5.74, 6) is 0. The third-order valence-electron chi connectivity index (χ3n) is 4.96. The van der Waals surface area contributed by atoms with Gasteiger partial charge in [0.1, 0.15) is 0 Å². The van der Waals surface area contributed by atoms with Gasteiger partial charge in [0.25, 0.3) is 0 Å². The van der Waals surface area contributed by atoms with Crippen molar-refractivity contribution < 1.29 is 4.74 Å². The number of thiophene rings is 1. The Morgan fingerprint density at radius 2 is 2.04 bits per heavy atom. The summed E-state index contributed by atoms with van der Waals surface area (Å²) in [4.78, 5) is 6.06. The first-order chi connectivity index (χ1) is 13.3. The summed E-state index contributed by atoms with van der Waals surface area (Å²) in [6.07, 6.45) is 0.547. The summed E-state index contributed by atoms with van der Waals surface area (Å²) >= 11 is 1.83. The van der Waals surface area contributed by atoms with Gasteiger partial charge in [0.15, 0.2) is 0 Å². The topological polar surface area (TPSA) is 51.5 Å². The molecule has 1 N–H and O–H groups in total. The van der Waals surface area contributed by atoms with Crippen LogP contribution in [0.2, 0.25) is 0 Å². The monoisotopic (exact) mass is 384 g/mol. The maximum absolute atomic E-state index is 8.72. The van der Waals surface area contributed by atoms with Gasteiger partial charge in [-0.2, -0.15) is 5.26 Å². The van der Waals surface area contributed by atoms with E-state index in [2.05, 4.69) is 63.0 Å². The highest BCUT2D eigenvalue weighted by Gasteiger charge is 2.22. The van der Waals surface area contributed by atoms with E-state index in [1.807, 2.05) is 18.4 Å². The molecule has 1 aliphatic heterocycles. The lowest BCUT2D eigenvalue weighted by Gasteiger charge is -2.34. The molecule has 0 amide bonds. The number of anilines is 1. The van der Waals surface area contributed by atoms with E-state index in [-0.39, 0.29) is 0 Å². The van der Waals surface area contributed by atoms with Crippen LogP contribution in [0.5, 0.6) is 0 Å². The Morgan fingerprint density at radius 1 is 1.26 bits per heavy atom. The molecule has 0 spiro atoms. The van der Waals surface area contributed by atoms with Crippen LogP contribution in [0.1, 0.15) is 22.9 Å². The quantitative estimate of drug-likeness (QED) is 0.719. The number of morpholine rings is 1. The summed E-state index contributed by atoms with van der Waals surface area (Å²) in [6.45, 7) is 6.18. The molecule has 3 rings (SSSR count). The molecule has 0 aliphatic carbocycles. The number of nitrogens with one attached hydrogen (secondary N) is 1. The predicted octanol–water partition coefficient (Wildman–Crippen LogP) is 3.26. The van der Waals surface area contributed by atoms with Gasteiger partial charge in [-0.1, -0.05) is 18.2 Å². The fraction of sp³-hybridized carbons (Fsp3) is 0.476. The molecule has 1 aliphatic rings. The minimum atomic E-state index is 0.408. The van der Waals surface area contributed by atoms with Crippen molar-refractivity contribution in [1.82, 2.24) is 10.2 Å². The molecule has 1 aromatic heterocycles. The van der Waals surface area contributed by atoms with E-state index in [0.717, 1.165) is 51.6 Å². The molecule has 2 aromatic rings. The van der Waals surface area contributed by atoms with E-state index in [0.29, 0.717) is 12.5 Å². The number of benzene rings is 1.